The zero-order valence-electron chi connectivity index (χ0n) is 20.3. The van der Waals surface area contributed by atoms with Crippen LogP contribution >= 0.6 is 0 Å². The highest BCUT2D eigenvalue weighted by Crippen LogP contribution is 2.46. The Kier molecular flexibility index (Phi) is 7.38. The van der Waals surface area contributed by atoms with Gasteiger partial charge in [0.25, 0.3) is 0 Å². The van der Waals surface area contributed by atoms with Crippen LogP contribution in [0.3, 0.4) is 0 Å². The van der Waals surface area contributed by atoms with Crippen LogP contribution in [0.4, 0.5) is 13.2 Å². The van der Waals surface area contributed by atoms with Crippen molar-refractivity contribution in [2.75, 3.05) is 26.3 Å². The Hall–Kier alpha value is -1.93. The second-order valence-corrected chi connectivity index (χ2v) is 10.6. The van der Waals surface area contributed by atoms with Crippen molar-refractivity contribution >= 4 is 11.5 Å². The van der Waals surface area contributed by atoms with Crippen LogP contribution < -0.4 is 5.32 Å². The summed E-state index contributed by atoms with van der Waals surface area (Å²) in [5.74, 6) is 0.871. The molecule has 0 aromatic carbocycles. The number of hydrogen-bond donors (Lipinski definition) is 1. The van der Waals surface area contributed by atoms with Crippen molar-refractivity contribution in [2.24, 2.45) is 17.3 Å². The molecule has 4 atom stereocenters. The van der Waals surface area contributed by atoms with Crippen LogP contribution in [-0.2, 0) is 15.7 Å². The van der Waals surface area contributed by atoms with E-state index in [0.29, 0.717) is 43.1 Å². The molecule has 1 N–H and O–H groups in total. The highest BCUT2D eigenvalue weighted by Gasteiger charge is 2.49. The monoisotopic (exact) mass is 479 g/mol. The number of alkyl halides is 3. The first kappa shape index (κ1) is 25.2. The first-order valence-corrected chi connectivity index (χ1v) is 12.4. The van der Waals surface area contributed by atoms with Gasteiger partial charge >= 0.3 is 6.18 Å². The number of aromatic nitrogens is 1. The number of hydrogen-bond acceptors (Lipinski definition) is 4. The highest BCUT2D eigenvalue weighted by molar-refractivity contribution is 5.84. The molecule has 188 valence electrons. The Bertz CT molecular complexity index is 917. The molecule has 1 amide bonds. The van der Waals surface area contributed by atoms with E-state index in [1.54, 1.807) is 0 Å². The number of nitrogens with zero attached hydrogens (tertiary/aromatic N) is 2. The standard InChI is InChI=1S/C26H36F3N3O2/c1-17(2)25(8-4-22(13-25)31-23-7-11-34-16-18(23)3)24(33)32-9-5-19(6-10-32)20-12-21(15-30-14-20)26(27,28)29/h5,12,14-15,17-18,22-23,31H,4,6-11,13,16H2,1-3H3/t18?,22?,23?,25-/m0/s1. The molecule has 1 aromatic rings. The summed E-state index contributed by atoms with van der Waals surface area (Å²) in [5, 5.41) is 3.82. The van der Waals surface area contributed by atoms with Gasteiger partial charge in [0.15, 0.2) is 0 Å². The Morgan fingerprint density at radius 2 is 2.09 bits per heavy atom. The average molecular weight is 480 g/mol. The highest BCUT2D eigenvalue weighted by atomic mass is 19.4. The van der Waals surface area contributed by atoms with Crippen LogP contribution in [0.15, 0.2) is 24.5 Å². The van der Waals surface area contributed by atoms with Crippen molar-refractivity contribution in [3.05, 3.63) is 35.7 Å². The number of rotatable bonds is 5. The van der Waals surface area contributed by atoms with Crippen LogP contribution in [0.25, 0.3) is 5.57 Å². The fourth-order valence-electron chi connectivity index (χ4n) is 5.82. The quantitative estimate of drug-likeness (QED) is 0.651. The molecule has 2 aliphatic heterocycles. The van der Waals surface area contributed by atoms with E-state index in [-0.39, 0.29) is 11.8 Å². The topological polar surface area (TPSA) is 54.5 Å². The summed E-state index contributed by atoms with van der Waals surface area (Å²) < 4.78 is 44.8. The molecule has 1 saturated heterocycles. The van der Waals surface area contributed by atoms with Crippen LogP contribution in [0, 0.1) is 17.3 Å². The van der Waals surface area contributed by atoms with E-state index in [9.17, 15) is 18.0 Å². The predicted molar refractivity (Wildman–Crippen MR) is 125 cm³/mol. The molecule has 4 rings (SSSR count). The molecule has 34 heavy (non-hydrogen) atoms. The van der Waals surface area contributed by atoms with Gasteiger partial charge in [0.05, 0.1) is 17.6 Å². The van der Waals surface area contributed by atoms with Crippen molar-refractivity contribution in [2.45, 2.75) is 71.1 Å². The number of carbonyl (C=O) groups is 1. The normalized spacial score (nSPS) is 30.5. The predicted octanol–water partition coefficient (Wildman–Crippen LogP) is 4.93. The molecule has 0 spiro atoms. The molecular formula is C26H36F3N3O2. The average Bonchev–Trinajstić information content (AvgIpc) is 3.25. The lowest BCUT2D eigenvalue weighted by Crippen LogP contribution is -2.49. The minimum absolute atomic E-state index is 0.185. The Labute approximate surface area is 200 Å². The summed E-state index contributed by atoms with van der Waals surface area (Å²) in [6.07, 6.45) is 4.01. The molecule has 3 unspecified atom stereocenters. The summed E-state index contributed by atoms with van der Waals surface area (Å²) in [4.78, 5) is 19.5. The lowest BCUT2D eigenvalue weighted by molar-refractivity contribution is -0.144. The van der Waals surface area contributed by atoms with E-state index in [4.69, 9.17) is 4.74 Å². The third-order valence-corrected chi connectivity index (χ3v) is 8.10. The molecule has 0 radical (unpaired) electrons. The summed E-state index contributed by atoms with van der Waals surface area (Å²) in [6.45, 7) is 8.99. The number of nitrogens with one attached hydrogen (secondary N) is 1. The number of halogens is 3. The van der Waals surface area contributed by atoms with E-state index in [2.05, 4.69) is 31.1 Å². The van der Waals surface area contributed by atoms with Gasteiger partial charge in [-0.3, -0.25) is 9.78 Å². The minimum Gasteiger partial charge on any atom is -0.381 e. The second-order valence-electron chi connectivity index (χ2n) is 10.6. The molecule has 3 aliphatic rings. The van der Waals surface area contributed by atoms with E-state index < -0.39 is 17.2 Å². The van der Waals surface area contributed by atoms with Gasteiger partial charge in [0, 0.05) is 44.2 Å². The van der Waals surface area contributed by atoms with Gasteiger partial charge in [0.2, 0.25) is 5.91 Å². The fraction of sp³-hybridized carbons (Fsp3) is 0.692. The Morgan fingerprint density at radius 3 is 2.74 bits per heavy atom. The Balaban J connectivity index is 1.43. The molecule has 1 aliphatic carbocycles. The lowest BCUT2D eigenvalue weighted by atomic mass is 9.74. The van der Waals surface area contributed by atoms with E-state index >= 15 is 0 Å². The molecule has 5 nitrogen and oxygen atoms in total. The number of amides is 1. The van der Waals surface area contributed by atoms with Gasteiger partial charge in [-0.1, -0.05) is 26.8 Å². The number of pyridine rings is 1. The molecule has 3 heterocycles. The van der Waals surface area contributed by atoms with Crippen molar-refractivity contribution in [1.29, 1.82) is 0 Å². The first-order chi connectivity index (χ1) is 16.1. The van der Waals surface area contributed by atoms with Gasteiger partial charge < -0.3 is 15.0 Å². The Morgan fingerprint density at radius 1 is 1.29 bits per heavy atom. The summed E-state index contributed by atoms with van der Waals surface area (Å²) in [7, 11) is 0. The van der Waals surface area contributed by atoms with E-state index in [1.165, 1.54) is 6.20 Å². The van der Waals surface area contributed by atoms with Crippen LogP contribution in [0.5, 0.6) is 0 Å². The summed E-state index contributed by atoms with van der Waals surface area (Å²) in [6, 6.07) is 1.90. The first-order valence-electron chi connectivity index (χ1n) is 12.4. The van der Waals surface area contributed by atoms with Gasteiger partial charge in [-0.05, 0) is 61.1 Å². The van der Waals surface area contributed by atoms with Crippen molar-refractivity contribution in [1.82, 2.24) is 15.2 Å². The van der Waals surface area contributed by atoms with Gasteiger partial charge in [0.1, 0.15) is 0 Å². The van der Waals surface area contributed by atoms with Gasteiger partial charge in [-0.15, -0.1) is 0 Å². The molecule has 0 bridgehead atoms. The van der Waals surface area contributed by atoms with E-state index in [1.807, 2.05) is 11.0 Å². The third-order valence-electron chi connectivity index (χ3n) is 8.10. The van der Waals surface area contributed by atoms with Crippen LogP contribution in [0.2, 0.25) is 0 Å². The number of carbonyl (C=O) groups excluding carboxylic acids is 1. The number of ether oxygens (including phenoxy) is 1. The maximum absolute atomic E-state index is 13.8. The van der Waals surface area contributed by atoms with Gasteiger partial charge in [-0.25, -0.2) is 0 Å². The van der Waals surface area contributed by atoms with Crippen molar-refractivity contribution in [3.63, 3.8) is 0 Å². The molecule has 1 aromatic heterocycles. The maximum Gasteiger partial charge on any atom is 0.417 e. The SMILES string of the molecule is CC1COCCC1NC1CC[C@@](C(=O)N2CC=C(c3cncc(C(F)(F)F)c3)CC2)(C(C)C)C1. The van der Waals surface area contributed by atoms with Crippen LogP contribution in [0.1, 0.15) is 64.0 Å². The molecule has 2 fully saturated rings. The summed E-state index contributed by atoms with van der Waals surface area (Å²) >= 11 is 0. The molecule has 8 heteroatoms. The van der Waals surface area contributed by atoms with Gasteiger partial charge in [-0.2, -0.15) is 13.2 Å². The largest absolute Gasteiger partial charge is 0.417 e. The van der Waals surface area contributed by atoms with E-state index in [0.717, 1.165) is 56.7 Å². The fourth-order valence-corrected chi connectivity index (χ4v) is 5.82. The van der Waals surface area contributed by atoms with Crippen LogP contribution in [-0.4, -0.2) is 54.2 Å². The minimum atomic E-state index is -4.42. The zero-order chi connectivity index (χ0) is 24.5. The second kappa shape index (κ2) is 9.97. The molecule has 1 saturated carbocycles. The maximum atomic E-state index is 13.8. The molecular weight excluding hydrogens is 443 g/mol. The van der Waals surface area contributed by atoms with Crippen molar-refractivity contribution < 1.29 is 22.7 Å². The lowest BCUT2D eigenvalue weighted by Gasteiger charge is -2.39. The summed E-state index contributed by atoms with van der Waals surface area (Å²) in [5.41, 5.74) is 0.165. The zero-order valence-corrected chi connectivity index (χ0v) is 20.3. The smallest absolute Gasteiger partial charge is 0.381 e. The third kappa shape index (κ3) is 5.18. The van der Waals surface area contributed by atoms with Crippen molar-refractivity contribution in [3.8, 4) is 0 Å².